The lowest BCUT2D eigenvalue weighted by atomic mass is 10.1. The normalized spacial score (nSPS) is 18.6. The van der Waals surface area contributed by atoms with Gasteiger partial charge in [0.15, 0.2) is 0 Å². The van der Waals surface area contributed by atoms with Crippen molar-refractivity contribution in [3.8, 4) is 0 Å². The van der Waals surface area contributed by atoms with E-state index >= 15 is 0 Å². The van der Waals surface area contributed by atoms with E-state index in [0.29, 0.717) is 6.04 Å². The van der Waals surface area contributed by atoms with Crippen LogP contribution in [0.1, 0.15) is 24.9 Å². The maximum atomic E-state index is 9.06. The number of nitrogens with one attached hydrogen (secondary N) is 1. The van der Waals surface area contributed by atoms with Crippen LogP contribution in [0.5, 0.6) is 0 Å². The molecule has 1 fully saturated rings. The minimum Gasteiger partial charge on any atom is -0.395 e. The van der Waals surface area contributed by atoms with Crippen LogP contribution in [0.15, 0.2) is 18.2 Å². The van der Waals surface area contributed by atoms with Gasteiger partial charge in [0, 0.05) is 32.2 Å². The molecule has 0 spiro atoms. The summed E-state index contributed by atoms with van der Waals surface area (Å²) < 4.78 is 0. The highest BCUT2D eigenvalue weighted by molar-refractivity contribution is 6.33. The molecule has 0 radical (unpaired) electrons. The summed E-state index contributed by atoms with van der Waals surface area (Å²) in [6.07, 6.45) is 1.10. The Labute approximate surface area is 132 Å². The fraction of sp³-hybridized carbons (Fsp3) is 0.625. The molecule has 1 atom stereocenters. The highest BCUT2D eigenvalue weighted by Crippen LogP contribution is 2.29. The molecular weight excluding hydrogens is 286 g/mol. The number of hydrogen-bond acceptors (Lipinski definition) is 4. The average Bonchev–Trinajstić information content (AvgIpc) is 2.72. The monoisotopic (exact) mass is 311 g/mol. The van der Waals surface area contributed by atoms with Crippen molar-refractivity contribution < 1.29 is 5.11 Å². The zero-order chi connectivity index (χ0) is 15.2. The third-order valence-electron chi connectivity index (χ3n) is 4.25. The Morgan fingerprint density at radius 3 is 2.76 bits per heavy atom. The van der Waals surface area contributed by atoms with E-state index in [4.69, 9.17) is 16.7 Å². The Hall–Kier alpha value is -0.810. The average molecular weight is 312 g/mol. The van der Waals surface area contributed by atoms with Gasteiger partial charge in [0.25, 0.3) is 0 Å². The zero-order valence-corrected chi connectivity index (χ0v) is 13.7. The summed E-state index contributed by atoms with van der Waals surface area (Å²) >= 11 is 6.49. The van der Waals surface area contributed by atoms with Crippen molar-refractivity contribution in [3.63, 3.8) is 0 Å². The van der Waals surface area contributed by atoms with Gasteiger partial charge in [0.1, 0.15) is 0 Å². The smallest absolute Gasteiger partial charge is 0.0642 e. The third kappa shape index (κ3) is 4.33. The third-order valence-corrected chi connectivity index (χ3v) is 4.55. The van der Waals surface area contributed by atoms with E-state index in [0.717, 1.165) is 49.9 Å². The van der Waals surface area contributed by atoms with Crippen LogP contribution >= 0.6 is 11.6 Å². The largest absolute Gasteiger partial charge is 0.395 e. The standard InChI is InChI=1S/C16H26ClN3O/c1-13(18-2)14-4-5-16(15(17)12-14)20-7-3-6-19(8-9-20)10-11-21/h4-5,12-13,18,21H,3,6-11H2,1-2H3. The molecule has 2 N–H and O–H groups in total. The molecule has 1 aromatic carbocycles. The van der Waals surface area contributed by atoms with Gasteiger partial charge in [-0.15, -0.1) is 0 Å². The van der Waals surface area contributed by atoms with E-state index in [1.165, 1.54) is 5.56 Å². The van der Waals surface area contributed by atoms with Gasteiger partial charge in [-0.25, -0.2) is 0 Å². The number of aliphatic hydroxyl groups is 1. The van der Waals surface area contributed by atoms with Gasteiger partial charge in [-0.2, -0.15) is 0 Å². The molecular formula is C16H26ClN3O. The lowest BCUT2D eigenvalue weighted by molar-refractivity contribution is 0.204. The van der Waals surface area contributed by atoms with Crippen molar-refractivity contribution in [2.75, 3.05) is 51.3 Å². The summed E-state index contributed by atoms with van der Waals surface area (Å²) in [5.74, 6) is 0. The maximum Gasteiger partial charge on any atom is 0.0642 e. The molecule has 0 saturated carbocycles. The molecule has 0 aromatic heterocycles. The fourth-order valence-electron chi connectivity index (χ4n) is 2.79. The predicted octanol–water partition coefficient (Wildman–Crippen LogP) is 2.12. The van der Waals surface area contributed by atoms with Crippen LogP contribution in [0.2, 0.25) is 5.02 Å². The van der Waals surface area contributed by atoms with Gasteiger partial charge >= 0.3 is 0 Å². The molecule has 5 heteroatoms. The van der Waals surface area contributed by atoms with Crippen LogP contribution in [0, 0.1) is 0 Å². The summed E-state index contributed by atoms with van der Waals surface area (Å²) in [5, 5.41) is 13.1. The van der Waals surface area contributed by atoms with Gasteiger partial charge in [0.2, 0.25) is 0 Å². The van der Waals surface area contributed by atoms with Crippen LogP contribution < -0.4 is 10.2 Å². The van der Waals surface area contributed by atoms with Crippen molar-refractivity contribution in [3.05, 3.63) is 28.8 Å². The molecule has 1 aliphatic heterocycles. The first-order valence-electron chi connectivity index (χ1n) is 7.70. The van der Waals surface area contributed by atoms with Crippen molar-refractivity contribution in [1.29, 1.82) is 0 Å². The number of aliphatic hydroxyl groups excluding tert-OH is 1. The lowest BCUT2D eigenvalue weighted by Crippen LogP contribution is -2.32. The topological polar surface area (TPSA) is 38.7 Å². The fourth-order valence-corrected chi connectivity index (χ4v) is 3.10. The summed E-state index contributed by atoms with van der Waals surface area (Å²) in [5.41, 5.74) is 2.33. The van der Waals surface area contributed by atoms with Gasteiger partial charge < -0.3 is 15.3 Å². The first-order chi connectivity index (χ1) is 10.2. The van der Waals surface area contributed by atoms with E-state index in [1.807, 2.05) is 7.05 Å². The van der Waals surface area contributed by atoms with E-state index < -0.39 is 0 Å². The SMILES string of the molecule is CNC(C)c1ccc(N2CCCN(CCO)CC2)c(Cl)c1. The summed E-state index contributed by atoms with van der Waals surface area (Å²) in [7, 11) is 1.96. The Balaban J connectivity index is 2.07. The molecule has 4 nitrogen and oxygen atoms in total. The molecule has 1 saturated heterocycles. The number of benzene rings is 1. The van der Waals surface area contributed by atoms with E-state index in [2.05, 4.69) is 40.2 Å². The number of rotatable bonds is 5. The number of β-amino-alcohol motifs (C(OH)–C–C–N with tert-alkyl or cyclic N) is 1. The Morgan fingerprint density at radius 2 is 2.10 bits per heavy atom. The van der Waals surface area contributed by atoms with Crippen LogP contribution in [-0.4, -0.2) is 56.4 Å². The maximum absolute atomic E-state index is 9.06. The Bertz CT molecular complexity index is 455. The number of nitrogens with zero attached hydrogens (tertiary/aromatic N) is 2. The molecule has 0 aliphatic carbocycles. The second kappa shape index (κ2) is 7.99. The second-order valence-electron chi connectivity index (χ2n) is 5.63. The first kappa shape index (κ1) is 16.6. The minimum absolute atomic E-state index is 0.233. The van der Waals surface area contributed by atoms with Gasteiger partial charge in [-0.05, 0) is 44.6 Å². The predicted molar refractivity (Wildman–Crippen MR) is 89.3 cm³/mol. The summed E-state index contributed by atoms with van der Waals surface area (Å²) in [6, 6.07) is 6.65. The van der Waals surface area contributed by atoms with Gasteiger partial charge in [-0.1, -0.05) is 17.7 Å². The number of anilines is 1. The van der Waals surface area contributed by atoms with Crippen LogP contribution in [0.3, 0.4) is 0 Å². The van der Waals surface area contributed by atoms with Crippen molar-refractivity contribution in [2.24, 2.45) is 0 Å². The minimum atomic E-state index is 0.233. The highest BCUT2D eigenvalue weighted by atomic mass is 35.5. The van der Waals surface area contributed by atoms with Crippen LogP contribution in [0.25, 0.3) is 0 Å². The van der Waals surface area contributed by atoms with Crippen molar-refractivity contribution >= 4 is 17.3 Å². The molecule has 21 heavy (non-hydrogen) atoms. The molecule has 2 rings (SSSR count). The molecule has 0 amide bonds. The molecule has 1 unspecified atom stereocenters. The summed E-state index contributed by atoms with van der Waals surface area (Å²) in [6.45, 7) is 7.12. The molecule has 1 heterocycles. The summed E-state index contributed by atoms with van der Waals surface area (Å²) in [4.78, 5) is 4.67. The van der Waals surface area contributed by atoms with Crippen LogP contribution in [-0.2, 0) is 0 Å². The van der Waals surface area contributed by atoms with Crippen molar-refractivity contribution in [1.82, 2.24) is 10.2 Å². The second-order valence-corrected chi connectivity index (χ2v) is 6.03. The zero-order valence-electron chi connectivity index (χ0n) is 13.0. The Morgan fingerprint density at radius 1 is 1.29 bits per heavy atom. The number of hydrogen-bond donors (Lipinski definition) is 2. The quantitative estimate of drug-likeness (QED) is 0.874. The molecule has 118 valence electrons. The Kier molecular flexibility index (Phi) is 6.30. The lowest BCUT2D eigenvalue weighted by Gasteiger charge is -2.25. The molecule has 0 bridgehead atoms. The van der Waals surface area contributed by atoms with Crippen molar-refractivity contribution in [2.45, 2.75) is 19.4 Å². The van der Waals surface area contributed by atoms with Gasteiger partial charge in [0.05, 0.1) is 17.3 Å². The first-order valence-corrected chi connectivity index (χ1v) is 8.08. The number of halogens is 1. The molecule has 1 aromatic rings. The van der Waals surface area contributed by atoms with E-state index in [9.17, 15) is 0 Å². The van der Waals surface area contributed by atoms with E-state index in [-0.39, 0.29) is 6.61 Å². The van der Waals surface area contributed by atoms with E-state index in [1.54, 1.807) is 0 Å². The van der Waals surface area contributed by atoms with Crippen LogP contribution in [0.4, 0.5) is 5.69 Å². The molecule has 1 aliphatic rings. The van der Waals surface area contributed by atoms with Gasteiger partial charge in [-0.3, -0.25) is 4.90 Å². The highest BCUT2D eigenvalue weighted by Gasteiger charge is 2.17.